The molecule has 76 valence electrons. The lowest BCUT2D eigenvalue weighted by molar-refractivity contribution is 0.789. The molecule has 1 aromatic heterocycles. The van der Waals surface area contributed by atoms with Gasteiger partial charge < -0.3 is 9.88 Å². The Labute approximate surface area is 87.8 Å². The van der Waals surface area contributed by atoms with Gasteiger partial charge in [-0.1, -0.05) is 11.8 Å². The molecule has 0 spiro atoms. The van der Waals surface area contributed by atoms with Gasteiger partial charge in [0.1, 0.15) is 5.84 Å². The van der Waals surface area contributed by atoms with Crippen LogP contribution in [0.5, 0.6) is 0 Å². The van der Waals surface area contributed by atoms with Crippen LogP contribution in [0.2, 0.25) is 0 Å². The maximum Gasteiger partial charge on any atom is 0.168 e. The van der Waals surface area contributed by atoms with Crippen molar-refractivity contribution >= 4 is 17.6 Å². The summed E-state index contributed by atoms with van der Waals surface area (Å²) in [6.07, 6.45) is 3.78. The molecule has 0 aliphatic carbocycles. The van der Waals surface area contributed by atoms with Crippen molar-refractivity contribution in [3.05, 3.63) is 12.4 Å². The molecule has 1 N–H and O–H groups in total. The average molecular weight is 210 g/mol. The molecule has 2 rings (SSSR count). The molecule has 1 atom stereocenters. The number of hydrogen-bond donors (Lipinski definition) is 1. The normalized spacial score (nSPS) is 17.7. The zero-order valence-corrected chi connectivity index (χ0v) is 9.21. The number of nitrogens with one attached hydrogen (secondary N) is 1. The molecule has 0 fully saturated rings. The van der Waals surface area contributed by atoms with Crippen LogP contribution >= 0.6 is 11.8 Å². The van der Waals surface area contributed by atoms with Gasteiger partial charge >= 0.3 is 0 Å². The second kappa shape index (κ2) is 4.04. The van der Waals surface area contributed by atoms with Crippen LogP contribution in [0.25, 0.3) is 0 Å². The third-order valence-corrected chi connectivity index (χ3v) is 3.33. The number of amidine groups is 1. The maximum atomic E-state index is 4.39. The SMILES string of the molecule is CC(Sc1nccn1C)C1=NCCN1. The van der Waals surface area contributed by atoms with Crippen LogP contribution in [0.4, 0.5) is 0 Å². The first-order valence-corrected chi connectivity index (χ1v) is 5.57. The molecule has 2 heterocycles. The van der Waals surface area contributed by atoms with E-state index in [2.05, 4.69) is 22.2 Å². The summed E-state index contributed by atoms with van der Waals surface area (Å²) in [5, 5.41) is 4.68. The van der Waals surface area contributed by atoms with Crippen LogP contribution in [0.1, 0.15) is 6.92 Å². The fourth-order valence-corrected chi connectivity index (χ4v) is 2.30. The monoisotopic (exact) mass is 210 g/mol. The quantitative estimate of drug-likeness (QED) is 0.754. The molecule has 1 unspecified atom stereocenters. The van der Waals surface area contributed by atoms with Crippen molar-refractivity contribution in [3.8, 4) is 0 Å². The Morgan fingerprint density at radius 3 is 3.07 bits per heavy atom. The fraction of sp³-hybridized carbons (Fsp3) is 0.556. The summed E-state index contributed by atoms with van der Waals surface area (Å²) in [5.74, 6) is 1.10. The van der Waals surface area contributed by atoms with Gasteiger partial charge in [-0.05, 0) is 6.92 Å². The Morgan fingerprint density at radius 2 is 2.50 bits per heavy atom. The van der Waals surface area contributed by atoms with Gasteiger partial charge in [0.2, 0.25) is 0 Å². The highest BCUT2D eigenvalue weighted by Crippen LogP contribution is 2.21. The van der Waals surface area contributed by atoms with E-state index >= 15 is 0 Å². The van der Waals surface area contributed by atoms with E-state index in [1.54, 1.807) is 11.8 Å². The molecule has 1 aliphatic rings. The predicted octanol–water partition coefficient (Wildman–Crippen LogP) is 0.902. The molecular weight excluding hydrogens is 196 g/mol. The second-order valence-electron chi connectivity index (χ2n) is 3.27. The van der Waals surface area contributed by atoms with Gasteiger partial charge in [-0.15, -0.1) is 0 Å². The second-order valence-corrected chi connectivity index (χ2v) is 4.58. The van der Waals surface area contributed by atoms with E-state index < -0.39 is 0 Å². The smallest absolute Gasteiger partial charge is 0.168 e. The lowest BCUT2D eigenvalue weighted by Crippen LogP contribution is -2.27. The average Bonchev–Trinajstić information content (AvgIpc) is 2.77. The molecule has 1 aliphatic heterocycles. The molecule has 0 amide bonds. The Bertz CT molecular complexity index is 344. The number of aromatic nitrogens is 2. The maximum absolute atomic E-state index is 4.39. The Kier molecular flexibility index (Phi) is 2.77. The summed E-state index contributed by atoms with van der Waals surface area (Å²) >= 11 is 1.73. The molecular formula is C9H14N4S. The van der Waals surface area contributed by atoms with E-state index in [-0.39, 0.29) is 0 Å². The van der Waals surface area contributed by atoms with Gasteiger partial charge in [-0.25, -0.2) is 4.98 Å². The number of imidazole rings is 1. The van der Waals surface area contributed by atoms with Gasteiger partial charge in [0, 0.05) is 26.0 Å². The van der Waals surface area contributed by atoms with Crippen molar-refractivity contribution in [2.45, 2.75) is 17.3 Å². The summed E-state index contributed by atoms with van der Waals surface area (Å²) in [4.78, 5) is 8.66. The molecule has 14 heavy (non-hydrogen) atoms. The summed E-state index contributed by atoms with van der Waals surface area (Å²) in [6, 6.07) is 0. The van der Waals surface area contributed by atoms with Crippen molar-refractivity contribution in [3.63, 3.8) is 0 Å². The highest BCUT2D eigenvalue weighted by Gasteiger charge is 2.16. The zero-order valence-electron chi connectivity index (χ0n) is 8.40. The standard InChI is InChI=1S/C9H14N4S/c1-7(8-10-3-4-11-8)14-9-12-5-6-13(9)2/h5-7H,3-4H2,1-2H3,(H,10,11). The predicted molar refractivity (Wildman–Crippen MR) is 58.8 cm³/mol. The molecule has 0 bridgehead atoms. The van der Waals surface area contributed by atoms with Gasteiger partial charge in [0.15, 0.2) is 5.16 Å². The van der Waals surface area contributed by atoms with E-state index in [0.717, 1.165) is 24.1 Å². The van der Waals surface area contributed by atoms with Crippen molar-refractivity contribution < 1.29 is 0 Å². The third-order valence-electron chi connectivity index (χ3n) is 2.14. The first-order chi connectivity index (χ1) is 6.77. The van der Waals surface area contributed by atoms with Crippen LogP contribution in [0, 0.1) is 0 Å². The molecule has 4 nitrogen and oxygen atoms in total. The van der Waals surface area contributed by atoms with Gasteiger partial charge in [0.05, 0.1) is 11.8 Å². The summed E-state index contributed by atoms with van der Waals surface area (Å²) in [6.45, 7) is 4.03. The Hall–Kier alpha value is -0.970. The molecule has 5 heteroatoms. The largest absolute Gasteiger partial charge is 0.371 e. The molecule has 0 aromatic carbocycles. The van der Waals surface area contributed by atoms with E-state index in [0.29, 0.717) is 5.25 Å². The van der Waals surface area contributed by atoms with Crippen molar-refractivity contribution in [2.75, 3.05) is 13.1 Å². The van der Waals surface area contributed by atoms with Crippen LogP contribution in [0.15, 0.2) is 22.5 Å². The van der Waals surface area contributed by atoms with Crippen molar-refractivity contribution in [1.29, 1.82) is 0 Å². The van der Waals surface area contributed by atoms with Gasteiger partial charge in [-0.3, -0.25) is 4.99 Å². The number of thioether (sulfide) groups is 1. The minimum absolute atomic E-state index is 0.360. The van der Waals surface area contributed by atoms with Gasteiger partial charge in [-0.2, -0.15) is 0 Å². The lowest BCUT2D eigenvalue weighted by atomic mass is 10.4. The van der Waals surface area contributed by atoms with Crippen LogP contribution < -0.4 is 5.32 Å². The first kappa shape index (κ1) is 9.58. The summed E-state index contributed by atoms with van der Waals surface area (Å²) in [7, 11) is 2.01. The molecule has 0 saturated heterocycles. The van der Waals surface area contributed by atoms with Crippen molar-refractivity contribution in [1.82, 2.24) is 14.9 Å². The highest BCUT2D eigenvalue weighted by molar-refractivity contribution is 8.00. The van der Waals surface area contributed by atoms with Crippen molar-refractivity contribution in [2.24, 2.45) is 12.0 Å². The summed E-state index contributed by atoms with van der Waals surface area (Å²) < 4.78 is 2.02. The highest BCUT2D eigenvalue weighted by atomic mass is 32.2. The van der Waals surface area contributed by atoms with Crippen LogP contribution in [0.3, 0.4) is 0 Å². The number of hydrogen-bond acceptors (Lipinski definition) is 4. The number of aliphatic imine (C=N–C) groups is 1. The number of nitrogens with zero attached hydrogens (tertiary/aromatic N) is 3. The zero-order chi connectivity index (χ0) is 9.97. The Morgan fingerprint density at radius 1 is 1.64 bits per heavy atom. The molecule has 0 saturated carbocycles. The van der Waals surface area contributed by atoms with Crippen LogP contribution in [-0.4, -0.2) is 33.7 Å². The Balaban J connectivity index is 2.01. The molecule has 0 radical (unpaired) electrons. The number of aryl methyl sites for hydroxylation is 1. The first-order valence-electron chi connectivity index (χ1n) is 4.69. The lowest BCUT2D eigenvalue weighted by Gasteiger charge is -2.10. The van der Waals surface area contributed by atoms with E-state index in [1.165, 1.54) is 0 Å². The minimum atomic E-state index is 0.360. The third kappa shape index (κ3) is 1.92. The fourth-order valence-electron chi connectivity index (χ4n) is 1.37. The van der Waals surface area contributed by atoms with E-state index in [4.69, 9.17) is 0 Å². The topological polar surface area (TPSA) is 42.2 Å². The van der Waals surface area contributed by atoms with Crippen LogP contribution in [-0.2, 0) is 7.05 Å². The number of rotatable bonds is 3. The summed E-state index contributed by atoms with van der Waals surface area (Å²) in [5.41, 5.74) is 0. The van der Waals surface area contributed by atoms with E-state index in [9.17, 15) is 0 Å². The molecule has 1 aromatic rings. The van der Waals surface area contributed by atoms with Gasteiger partial charge in [0.25, 0.3) is 0 Å². The minimum Gasteiger partial charge on any atom is -0.371 e. The van der Waals surface area contributed by atoms with E-state index in [1.807, 2.05) is 24.0 Å².